The Balaban J connectivity index is 1.41. The number of carbonyl (C=O) groups excluding carboxylic acids is 2. The number of para-hydroxylation sites is 2. The zero-order valence-electron chi connectivity index (χ0n) is 18.3. The van der Waals surface area contributed by atoms with E-state index >= 15 is 0 Å². The topological polar surface area (TPSA) is 58.4 Å². The molecular formula is C24H34N4O2. The van der Waals surface area contributed by atoms with Gasteiger partial charge in [0.05, 0.1) is 22.9 Å². The van der Waals surface area contributed by atoms with E-state index in [4.69, 9.17) is 0 Å². The Morgan fingerprint density at radius 2 is 1.73 bits per heavy atom. The van der Waals surface area contributed by atoms with E-state index in [0.717, 1.165) is 62.2 Å². The summed E-state index contributed by atoms with van der Waals surface area (Å²) in [7, 11) is 0. The largest absolute Gasteiger partial charge is 0.342 e. The molecule has 2 amide bonds. The fraction of sp³-hybridized carbons (Fsp3) is 0.625. The van der Waals surface area contributed by atoms with Gasteiger partial charge in [-0.3, -0.25) is 9.59 Å². The van der Waals surface area contributed by atoms with E-state index in [1.165, 1.54) is 12.8 Å². The van der Waals surface area contributed by atoms with Crippen LogP contribution in [0, 0.1) is 18.8 Å². The van der Waals surface area contributed by atoms with Gasteiger partial charge in [-0.2, -0.15) is 0 Å². The fourth-order valence-electron chi connectivity index (χ4n) is 5.02. The van der Waals surface area contributed by atoms with Crippen LogP contribution in [0.5, 0.6) is 0 Å². The van der Waals surface area contributed by atoms with Gasteiger partial charge in [0, 0.05) is 32.7 Å². The fourth-order valence-corrected chi connectivity index (χ4v) is 5.02. The van der Waals surface area contributed by atoms with Crippen LogP contribution in [0.25, 0.3) is 11.0 Å². The van der Waals surface area contributed by atoms with Crippen LogP contribution in [-0.2, 0) is 16.1 Å². The summed E-state index contributed by atoms with van der Waals surface area (Å²) in [6, 6.07) is 8.07. The number of likely N-dealkylation sites (tertiary alicyclic amines) is 2. The molecule has 1 aromatic carbocycles. The molecule has 2 fully saturated rings. The molecule has 0 radical (unpaired) electrons. The first-order valence-corrected chi connectivity index (χ1v) is 11.5. The van der Waals surface area contributed by atoms with E-state index in [1.807, 2.05) is 36.9 Å². The van der Waals surface area contributed by atoms with Gasteiger partial charge in [0.1, 0.15) is 5.82 Å². The van der Waals surface area contributed by atoms with Crippen molar-refractivity contribution in [3.63, 3.8) is 0 Å². The summed E-state index contributed by atoms with van der Waals surface area (Å²) in [6.07, 6.45) is 6.47. The summed E-state index contributed by atoms with van der Waals surface area (Å²) in [6.45, 7) is 7.70. The third kappa shape index (κ3) is 4.37. The Kier molecular flexibility index (Phi) is 6.40. The van der Waals surface area contributed by atoms with Crippen LogP contribution >= 0.6 is 0 Å². The van der Waals surface area contributed by atoms with Gasteiger partial charge in [-0.15, -0.1) is 0 Å². The number of imidazole rings is 1. The van der Waals surface area contributed by atoms with Crippen molar-refractivity contribution in [2.75, 3.05) is 26.2 Å². The highest BCUT2D eigenvalue weighted by Gasteiger charge is 2.33. The van der Waals surface area contributed by atoms with E-state index in [9.17, 15) is 9.59 Å². The van der Waals surface area contributed by atoms with Gasteiger partial charge in [-0.1, -0.05) is 31.9 Å². The maximum absolute atomic E-state index is 13.2. The zero-order chi connectivity index (χ0) is 21.1. The standard InChI is InChI=1S/C24H34N4O2/c1-18(16-28-19(2)25-21-11-5-6-12-22(21)28)23(29)27-15-9-10-20(17-27)24(30)26-13-7-3-4-8-14-26/h5-6,11-12,18,20H,3-4,7-10,13-17H2,1-2H3. The lowest BCUT2D eigenvalue weighted by atomic mass is 9.95. The molecule has 1 aromatic heterocycles. The van der Waals surface area contributed by atoms with Crippen molar-refractivity contribution in [3.8, 4) is 0 Å². The molecule has 0 spiro atoms. The lowest BCUT2D eigenvalue weighted by Crippen LogP contribution is -2.48. The van der Waals surface area contributed by atoms with Crippen molar-refractivity contribution in [1.82, 2.24) is 19.4 Å². The van der Waals surface area contributed by atoms with Crippen LogP contribution in [0.3, 0.4) is 0 Å². The Morgan fingerprint density at radius 1 is 1.03 bits per heavy atom. The summed E-state index contributed by atoms with van der Waals surface area (Å²) in [5, 5.41) is 0. The van der Waals surface area contributed by atoms with E-state index in [2.05, 4.69) is 20.5 Å². The number of hydrogen-bond donors (Lipinski definition) is 0. The van der Waals surface area contributed by atoms with Crippen LogP contribution in [-0.4, -0.2) is 57.3 Å². The Morgan fingerprint density at radius 3 is 2.50 bits per heavy atom. The third-order valence-corrected chi connectivity index (χ3v) is 6.72. The number of nitrogens with zero attached hydrogens (tertiary/aromatic N) is 4. The first-order chi connectivity index (χ1) is 14.5. The smallest absolute Gasteiger partial charge is 0.227 e. The Bertz CT molecular complexity index is 898. The van der Waals surface area contributed by atoms with Gasteiger partial charge in [0.15, 0.2) is 0 Å². The number of carbonyl (C=O) groups is 2. The summed E-state index contributed by atoms with van der Waals surface area (Å²) in [5.74, 6) is 1.17. The molecule has 6 nitrogen and oxygen atoms in total. The van der Waals surface area contributed by atoms with Gasteiger partial charge < -0.3 is 14.4 Å². The van der Waals surface area contributed by atoms with Crippen molar-refractivity contribution in [2.45, 2.75) is 58.9 Å². The lowest BCUT2D eigenvalue weighted by molar-refractivity contribution is -0.142. The molecule has 30 heavy (non-hydrogen) atoms. The normalized spacial score (nSPS) is 21.5. The number of fused-ring (bicyclic) bond motifs is 1. The van der Waals surface area contributed by atoms with E-state index in [-0.39, 0.29) is 23.7 Å². The minimum absolute atomic E-state index is 0.0381. The number of benzene rings is 1. The molecule has 2 saturated heterocycles. The molecule has 3 heterocycles. The van der Waals surface area contributed by atoms with Crippen molar-refractivity contribution in [2.24, 2.45) is 11.8 Å². The minimum Gasteiger partial charge on any atom is -0.342 e. The van der Waals surface area contributed by atoms with Gasteiger partial charge in [0.2, 0.25) is 11.8 Å². The van der Waals surface area contributed by atoms with Gasteiger partial charge in [0.25, 0.3) is 0 Å². The number of rotatable bonds is 4. The molecule has 2 aliphatic heterocycles. The molecule has 0 saturated carbocycles. The first kappa shape index (κ1) is 20.9. The molecule has 0 bridgehead atoms. The first-order valence-electron chi connectivity index (χ1n) is 11.5. The second kappa shape index (κ2) is 9.19. The number of piperidine rings is 1. The van der Waals surface area contributed by atoms with Crippen molar-refractivity contribution in [3.05, 3.63) is 30.1 Å². The highest BCUT2D eigenvalue weighted by Crippen LogP contribution is 2.24. The molecule has 2 unspecified atom stereocenters. The maximum atomic E-state index is 13.2. The monoisotopic (exact) mass is 410 g/mol. The number of hydrogen-bond acceptors (Lipinski definition) is 3. The molecular weight excluding hydrogens is 376 g/mol. The van der Waals surface area contributed by atoms with Crippen LogP contribution in [0.4, 0.5) is 0 Å². The Labute approximate surface area is 179 Å². The van der Waals surface area contributed by atoms with E-state index < -0.39 is 0 Å². The molecule has 2 aliphatic rings. The number of aromatic nitrogens is 2. The van der Waals surface area contributed by atoms with Crippen LogP contribution in [0.1, 0.15) is 51.3 Å². The predicted molar refractivity (Wildman–Crippen MR) is 118 cm³/mol. The SMILES string of the molecule is Cc1nc2ccccc2n1CC(C)C(=O)N1CCCC(C(=O)N2CCCCCC2)C1. The second-order valence-corrected chi connectivity index (χ2v) is 9.02. The molecule has 4 rings (SSSR count). The summed E-state index contributed by atoms with van der Waals surface area (Å²) in [4.78, 5) is 34.9. The number of aryl methyl sites for hydroxylation is 1. The summed E-state index contributed by atoms with van der Waals surface area (Å²) in [5.41, 5.74) is 2.04. The second-order valence-electron chi connectivity index (χ2n) is 9.02. The highest BCUT2D eigenvalue weighted by atomic mass is 16.2. The van der Waals surface area contributed by atoms with Gasteiger partial charge >= 0.3 is 0 Å². The third-order valence-electron chi connectivity index (χ3n) is 6.72. The average molecular weight is 411 g/mol. The molecule has 2 atom stereocenters. The van der Waals surface area contributed by atoms with Crippen molar-refractivity contribution < 1.29 is 9.59 Å². The summed E-state index contributed by atoms with van der Waals surface area (Å²) >= 11 is 0. The quantitative estimate of drug-likeness (QED) is 0.773. The Hall–Kier alpha value is -2.37. The van der Waals surface area contributed by atoms with Crippen molar-refractivity contribution in [1.29, 1.82) is 0 Å². The van der Waals surface area contributed by atoms with Gasteiger partial charge in [-0.25, -0.2) is 4.98 Å². The molecule has 2 aromatic rings. The average Bonchev–Trinajstić information content (AvgIpc) is 2.93. The molecule has 6 heteroatoms. The minimum atomic E-state index is -0.145. The summed E-state index contributed by atoms with van der Waals surface area (Å²) < 4.78 is 2.14. The van der Waals surface area contributed by atoms with Crippen molar-refractivity contribution >= 4 is 22.8 Å². The van der Waals surface area contributed by atoms with E-state index in [1.54, 1.807) is 0 Å². The molecule has 162 valence electrons. The van der Waals surface area contributed by atoms with Crippen LogP contribution in [0.15, 0.2) is 24.3 Å². The lowest BCUT2D eigenvalue weighted by Gasteiger charge is -2.36. The van der Waals surface area contributed by atoms with Crippen LogP contribution in [0.2, 0.25) is 0 Å². The predicted octanol–water partition coefficient (Wildman–Crippen LogP) is 3.62. The molecule has 0 aliphatic carbocycles. The maximum Gasteiger partial charge on any atom is 0.227 e. The van der Waals surface area contributed by atoms with Crippen LogP contribution < -0.4 is 0 Å². The zero-order valence-corrected chi connectivity index (χ0v) is 18.3. The highest BCUT2D eigenvalue weighted by molar-refractivity contribution is 5.82. The van der Waals surface area contributed by atoms with E-state index in [0.29, 0.717) is 13.1 Å². The molecule has 0 N–H and O–H groups in total. The van der Waals surface area contributed by atoms with Gasteiger partial charge in [-0.05, 0) is 44.7 Å². The number of amides is 2.